The van der Waals surface area contributed by atoms with Crippen molar-refractivity contribution in [2.75, 3.05) is 26.8 Å². The van der Waals surface area contributed by atoms with E-state index in [0.717, 1.165) is 0 Å². The second kappa shape index (κ2) is 6.75. The molecule has 5 nitrogen and oxygen atoms in total. The molecule has 120 valence electrons. The van der Waals surface area contributed by atoms with Gasteiger partial charge in [-0.3, -0.25) is 9.59 Å². The molecular weight excluding hydrogens is 357 g/mol. The first-order valence-corrected chi connectivity index (χ1v) is 7.61. The Kier molecular flexibility index (Phi) is 5.18. The average Bonchev–Trinajstić information content (AvgIpc) is 2.89. The molecule has 0 aromatic heterocycles. The Morgan fingerprint density at radius 3 is 2.86 bits per heavy atom. The molecule has 1 fully saturated rings. The summed E-state index contributed by atoms with van der Waals surface area (Å²) in [7, 11) is 1.44. The Morgan fingerprint density at radius 1 is 1.50 bits per heavy atom. The third-order valence-electron chi connectivity index (χ3n) is 3.93. The Morgan fingerprint density at radius 2 is 2.23 bits per heavy atom. The maximum absolute atomic E-state index is 13.3. The molecule has 22 heavy (non-hydrogen) atoms. The number of aliphatic carboxylic acids is 1. The van der Waals surface area contributed by atoms with Crippen molar-refractivity contribution in [1.82, 2.24) is 4.90 Å². The van der Waals surface area contributed by atoms with Gasteiger partial charge in [-0.15, -0.1) is 0 Å². The van der Waals surface area contributed by atoms with Crippen LogP contribution >= 0.6 is 15.9 Å². The number of hydrogen-bond donors (Lipinski definition) is 1. The van der Waals surface area contributed by atoms with Crippen LogP contribution in [0, 0.1) is 11.2 Å². The van der Waals surface area contributed by atoms with Crippen molar-refractivity contribution < 1.29 is 23.8 Å². The lowest BCUT2D eigenvalue weighted by Gasteiger charge is -2.24. The van der Waals surface area contributed by atoms with E-state index in [1.165, 1.54) is 24.1 Å². The lowest BCUT2D eigenvalue weighted by atomic mass is 9.88. The van der Waals surface area contributed by atoms with Crippen molar-refractivity contribution >= 4 is 27.8 Å². The van der Waals surface area contributed by atoms with Crippen LogP contribution in [-0.2, 0) is 20.7 Å². The monoisotopic (exact) mass is 373 g/mol. The van der Waals surface area contributed by atoms with E-state index in [1.807, 2.05) is 0 Å². The van der Waals surface area contributed by atoms with Crippen molar-refractivity contribution in [2.24, 2.45) is 5.41 Å². The Balaban J connectivity index is 2.08. The molecule has 0 bridgehead atoms. The molecule has 1 unspecified atom stereocenters. The Labute approximate surface area is 136 Å². The number of benzene rings is 1. The SMILES string of the molecule is COCC1(C(=O)O)CCN(C(=O)Cc2cc(F)ccc2Br)C1. The van der Waals surface area contributed by atoms with Gasteiger partial charge >= 0.3 is 5.97 Å². The molecule has 0 spiro atoms. The predicted molar refractivity (Wildman–Crippen MR) is 80.9 cm³/mol. The van der Waals surface area contributed by atoms with Crippen molar-refractivity contribution in [3.05, 3.63) is 34.1 Å². The summed E-state index contributed by atoms with van der Waals surface area (Å²) in [6, 6.07) is 4.16. The highest BCUT2D eigenvalue weighted by Crippen LogP contribution is 2.32. The molecule has 1 aliphatic rings. The van der Waals surface area contributed by atoms with E-state index in [-0.39, 0.29) is 25.5 Å². The number of likely N-dealkylation sites (tertiary alicyclic amines) is 1. The number of amides is 1. The lowest BCUT2D eigenvalue weighted by Crippen LogP contribution is -2.40. The summed E-state index contributed by atoms with van der Waals surface area (Å²) in [6.45, 7) is 0.541. The summed E-state index contributed by atoms with van der Waals surface area (Å²) in [5.74, 6) is -1.59. The molecule has 1 atom stereocenters. The molecule has 2 rings (SSSR count). The van der Waals surface area contributed by atoms with Crippen molar-refractivity contribution in [3.8, 4) is 0 Å². The minimum atomic E-state index is -1.05. The molecule has 0 radical (unpaired) electrons. The van der Waals surface area contributed by atoms with Crippen LogP contribution in [0.2, 0.25) is 0 Å². The zero-order valence-electron chi connectivity index (χ0n) is 12.1. The highest BCUT2D eigenvalue weighted by Gasteiger charge is 2.46. The topological polar surface area (TPSA) is 66.8 Å². The number of carboxylic acid groups (broad SMARTS) is 1. The van der Waals surface area contributed by atoms with Crippen molar-refractivity contribution in [3.63, 3.8) is 0 Å². The normalized spacial score (nSPS) is 21.1. The third kappa shape index (κ3) is 3.47. The molecule has 1 heterocycles. The largest absolute Gasteiger partial charge is 0.481 e. The number of methoxy groups -OCH3 is 1. The zero-order chi connectivity index (χ0) is 16.3. The number of carbonyl (C=O) groups is 2. The van der Waals surface area contributed by atoms with Gasteiger partial charge in [0, 0.05) is 24.7 Å². The van der Waals surface area contributed by atoms with Crippen LogP contribution in [0.3, 0.4) is 0 Å². The molecule has 7 heteroatoms. The summed E-state index contributed by atoms with van der Waals surface area (Å²) in [5, 5.41) is 9.39. The number of halogens is 2. The quantitative estimate of drug-likeness (QED) is 0.857. The van der Waals surface area contributed by atoms with E-state index < -0.39 is 17.2 Å². The van der Waals surface area contributed by atoms with E-state index in [2.05, 4.69) is 15.9 Å². The molecule has 1 aliphatic heterocycles. The number of ether oxygens (including phenoxy) is 1. The van der Waals surface area contributed by atoms with E-state index in [0.29, 0.717) is 23.0 Å². The van der Waals surface area contributed by atoms with Gasteiger partial charge in [-0.05, 0) is 30.2 Å². The smallest absolute Gasteiger partial charge is 0.313 e. The third-order valence-corrected chi connectivity index (χ3v) is 4.70. The van der Waals surface area contributed by atoms with Gasteiger partial charge in [0.1, 0.15) is 11.2 Å². The van der Waals surface area contributed by atoms with Gasteiger partial charge < -0.3 is 14.7 Å². The second-order valence-electron chi connectivity index (χ2n) is 5.50. The van der Waals surface area contributed by atoms with Crippen LogP contribution in [0.1, 0.15) is 12.0 Å². The maximum atomic E-state index is 13.3. The van der Waals surface area contributed by atoms with Gasteiger partial charge in [0.25, 0.3) is 0 Å². The van der Waals surface area contributed by atoms with Crippen molar-refractivity contribution in [1.29, 1.82) is 0 Å². The van der Waals surface area contributed by atoms with Crippen LogP contribution in [-0.4, -0.2) is 48.7 Å². The van der Waals surface area contributed by atoms with E-state index in [9.17, 15) is 19.1 Å². The van der Waals surface area contributed by atoms with Gasteiger partial charge in [-0.25, -0.2) is 4.39 Å². The maximum Gasteiger partial charge on any atom is 0.313 e. The van der Waals surface area contributed by atoms with Crippen LogP contribution in [0.4, 0.5) is 4.39 Å². The molecule has 1 saturated heterocycles. The van der Waals surface area contributed by atoms with Gasteiger partial charge in [0.15, 0.2) is 0 Å². The number of hydrogen-bond acceptors (Lipinski definition) is 3. The fraction of sp³-hybridized carbons (Fsp3) is 0.467. The highest BCUT2D eigenvalue weighted by atomic mass is 79.9. The first kappa shape index (κ1) is 16.9. The first-order chi connectivity index (χ1) is 10.4. The summed E-state index contributed by atoms with van der Waals surface area (Å²) in [5.41, 5.74) is -0.506. The van der Waals surface area contributed by atoms with E-state index >= 15 is 0 Å². The lowest BCUT2D eigenvalue weighted by molar-refractivity contribution is -0.151. The minimum Gasteiger partial charge on any atom is -0.481 e. The molecule has 0 saturated carbocycles. The molecule has 0 aliphatic carbocycles. The minimum absolute atomic E-state index is 0.0288. The summed E-state index contributed by atoms with van der Waals surface area (Å²) >= 11 is 3.29. The number of carboxylic acids is 1. The van der Waals surface area contributed by atoms with E-state index in [4.69, 9.17) is 4.74 Å². The van der Waals surface area contributed by atoms with Crippen LogP contribution in [0.5, 0.6) is 0 Å². The highest BCUT2D eigenvalue weighted by molar-refractivity contribution is 9.10. The summed E-state index contributed by atoms with van der Waals surface area (Å²) < 4.78 is 18.9. The first-order valence-electron chi connectivity index (χ1n) is 6.82. The van der Waals surface area contributed by atoms with Gasteiger partial charge in [-0.2, -0.15) is 0 Å². The van der Waals surface area contributed by atoms with Gasteiger partial charge in [0.2, 0.25) is 5.91 Å². The molecule has 1 aromatic rings. The number of nitrogens with zero attached hydrogens (tertiary/aromatic N) is 1. The number of carbonyl (C=O) groups excluding carboxylic acids is 1. The van der Waals surface area contributed by atoms with Gasteiger partial charge in [0.05, 0.1) is 13.0 Å². The van der Waals surface area contributed by atoms with Crippen LogP contribution < -0.4 is 0 Å². The van der Waals surface area contributed by atoms with Crippen LogP contribution in [0.25, 0.3) is 0 Å². The predicted octanol–water partition coefficient (Wildman–Crippen LogP) is 2.08. The average molecular weight is 374 g/mol. The summed E-state index contributed by atoms with van der Waals surface area (Å²) in [4.78, 5) is 25.3. The zero-order valence-corrected chi connectivity index (χ0v) is 13.7. The molecule has 1 aromatic carbocycles. The standard InChI is InChI=1S/C15H17BrFNO4/c1-22-9-15(14(20)21)4-5-18(8-15)13(19)7-10-6-11(17)2-3-12(10)16/h2-3,6H,4-5,7-9H2,1H3,(H,20,21). The fourth-order valence-electron chi connectivity index (χ4n) is 2.67. The Hall–Kier alpha value is -1.47. The van der Waals surface area contributed by atoms with Gasteiger partial charge in [-0.1, -0.05) is 15.9 Å². The van der Waals surface area contributed by atoms with Crippen molar-refractivity contribution in [2.45, 2.75) is 12.8 Å². The fourth-order valence-corrected chi connectivity index (χ4v) is 3.06. The molecule has 1 amide bonds. The Bertz CT molecular complexity index is 595. The van der Waals surface area contributed by atoms with Crippen LogP contribution in [0.15, 0.2) is 22.7 Å². The summed E-state index contributed by atoms with van der Waals surface area (Å²) in [6.07, 6.45) is 0.382. The number of rotatable bonds is 5. The second-order valence-corrected chi connectivity index (χ2v) is 6.35. The van der Waals surface area contributed by atoms with E-state index in [1.54, 1.807) is 6.07 Å². The molecular formula is C15H17BrFNO4. The molecule has 1 N–H and O–H groups in total.